The Morgan fingerprint density at radius 3 is 2.47 bits per heavy atom. The maximum atomic E-state index is 10.9. The molecule has 1 N–H and O–H groups in total. The first-order valence-electron chi connectivity index (χ1n) is 7.63. The first-order chi connectivity index (χ1) is 9.16. The Morgan fingerprint density at radius 1 is 1.26 bits per heavy atom. The second-order valence-corrected chi connectivity index (χ2v) is 5.37. The highest BCUT2D eigenvalue weighted by atomic mass is 16.4. The van der Waals surface area contributed by atoms with Crippen LogP contribution in [0.5, 0.6) is 0 Å². The number of rotatable bonds is 3. The Morgan fingerprint density at radius 2 is 1.89 bits per heavy atom. The third-order valence-electron chi connectivity index (χ3n) is 4.12. The zero-order valence-corrected chi connectivity index (χ0v) is 12.6. The molecule has 0 aromatic heterocycles. The SMILES string of the molecule is CC.CN1CCN(C2CC[B]CC2CC(=O)O)CC1. The Kier molecular flexibility index (Phi) is 7.46. The van der Waals surface area contributed by atoms with Gasteiger partial charge in [0, 0.05) is 38.6 Å². The number of hydrogen-bond donors (Lipinski definition) is 1. The van der Waals surface area contributed by atoms with E-state index in [0.717, 1.165) is 45.2 Å². The van der Waals surface area contributed by atoms with Gasteiger partial charge in [-0.2, -0.15) is 0 Å². The summed E-state index contributed by atoms with van der Waals surface area (Å²) in [5.74, 6) is -0.325. The highest BCUT2D eigenvalue weighted by molar-refractivity contribution is 6.35. The maximum absolute atomic E-state index is 10.9. The van der Waals surface area contributed by atoms with Gasteiger partial charge in [0.1, 0.15) is 7.28 Å². The summed E-state index contributed by atoms with van der Waals surface area (Å²) < 4.78 is 0. The predicted molar refractivity (Wildman–Crippen MR) is 79.9 cm³/mol. The van der Waals surface area contributed by atoms with Crippen LogP contribution in [0.4, 0.5) is 0 Å². The van der Waals surface area contributed by atoms with Gasteiger partial charge in [0.05, 0.1) is 0 Å². The Labute approximate surface area is 118 Å². The molecule has 0 bridgehead atoms. The van der Waals surface area contributed by atoms with Gasteiger partial charge in [0.15, 0.2) is 0 Å². The van der Waals surface area contributed by atoms with Gasteiger partial charge in [-0.3, -0.25) is 9.69 Å². The molecule has 2 aliphatic heterocycles. The standard InChI is InChI=1S/C12H22BN2O2.C2H6/c1-14-4-6-15(7-5-14)11-2-3-13-9-10(11)8-12(16)17;1-2/h10-11H,2-9H2,1H3,(H,16,17);1-2H3. The summed E-state index contributed by atoms with van der Waals surface area (Å²) in [4.78, 5) is 15.8. The highest BCUT2D eigenvalue weighted by Crippen LogP contribution is 2.29. The van der Waals surface area contributed by atoms with E-state index in [4.69, 9.17) is 5.11 Å². The lowest BCUT2D eigenvalue weighted by Gasteiger charge is -2.43. The minimum Gasteiger partial charge on any atom is -0.481 e. The molecular weight excluding hydrogens is 239 g/mol. The molecule has 0 spiro atoms. The van der Waals surface area contributed by atoms with Crippen LogP contribution in [0.1, 0.15) is 26.7 Å². The molecule has 0 amide bonds. The molecule has 2 rings (SSSR count). The lowest BCUT2D eigenvalue weighted by Crippen LogP contribution is -2.52. The number of nitrogens with zero attached hydrogens (tertiary/aromatic N) is 2. The number of hydrogen-bond acceptors (Lipinski definition) is 3. The number of carboxylic acids is 1. The molecule has 2 unspecified atom stereocenters. The van der Waals surface area contributed by atoms with Crippen molar-refractivity contribution in [2.75, 3.05) is 33.2 Å². The number of carboxylic acid groups (broad SMARTS) is 1. The Balaban J connectivity index is 0.000000861. The van der Waals surface area contributed by atoms with Crippen molar-refractivity contribution in [1.29, 1.82) is 0 Å². The van der Waals surface area contributed by atoms with Crippen LogP contribution in [0.25, 0.3) is 0 Å². The molecule has 2 heterocycles. The molecule has 0 saturated carbocycles. The molecule has 2 atom stereocenters. The fourth-order valence-corrected chi connectivity index (χ4v) is 3.09. The lowest BCUT2D eigenvalue weighted by molar-refractivity contribution is -0.138. The van der Waals surface area contributed by atoms with Crippen LogP contribution in [-0.2, 0) is 4.79 Å². The van der Waals surface area contributed by atoms with Crippen LogP contribution in [0.3, 0.4) is 0 Å². The van der Waals surface area contributed by atoms with E-state index < -0.39 is 5.97 Å². The molecular formula is C14H28BN2O2. The van der Waals surface area contributed by atoms with Crippen LogP contribution in [0.15, 0.2) is 0 Å². The third kappa shape index (κ3) is 5.15. The fraction of sp³-hybridized carbons (Fsp3) is 0.929. The molecule has 4 nitrogen and oxygen atoms in total. The summed E-state index contributed by atoms with van der Waals surface area (Å²) in [5.41, 5.74) is 0. The summed E-state index contributed by atoms with van der Waals surface area (Å²) in [6.45, 7) is 8.41. The molecule has 5 heteroatoms. The highest BCUT2D eigenvalue weighted by Gasteiger charge is 2.32. The predicted octanol–water partition coefficient (Wildman–Crippen LogP) is 1.66. The van der Waals surface area contributed by atoms with Gasteiger partial charge in [-0.1, -0.05) is 26.5 Å². The topological polar surface area (TPSA) is 43.8 Å². The van der Waals surface area contributed by atoms with E-state index in [2.05, 4.69) is 24.1 Å². The van der Waals surface area contributed by atoms with Crippen molar-refractivity contribution >= 4 is 13.2 Å². The summed E-state index contributed by atoms with van der Waals surface area (Å²) in [6.07, 6.45) is 3.59. The molecule has 19 heavy (non-hydrogen) atoms. The van der Waals surface area contributed by atoms with Crippen molar-refractivity contribution < 1.29 is 9.90 Å². The van der Waals surface area contributed by atoms with E-state index in [9.17, 15) is 4.79 Å². The van der Waals surface area contributed by atoms with E-state index in [1.165, 1.54) is 0 Å². The number of aliphatic carboxylic acids is 1. The molecule has 0 aromatic rings. The minimum absolute atomic E-state index is 0.324. The van der Waals surface area contributed by atoms with Crippen molar-refractivity contribution in [2.24, 2.45) is 5.92 Å². The largest absolute Gasteiger partial charge is 0.481 e. The summed E-state index contributed by atoms with van der Waals surface area (Å²) in [7, 11) is 4.42. The van der Waals surface area contributed by atoms with Gasteiger partial charge in [-0.25, -0.2) is 0 Å². The molecule has 2 saturated heterocycles. The maximum Gasteiger partial charge on any atom is 0.303 e. The van der Waals surface area contributed by atoms with E-state index >= 15 is 0 Å². The van der Waals surface area contributed by atoms with Crippen molar-refractivity contribution in [3.63, 3.8) is 0 Å². The van der Waals surface area contributed by atoms with Gasteiger partial charge in [0.2, 0.25) is 0 Å². The smallest absolute Gasteiger partial charge is 0.303 e. The molecule has 0 aromatic carbocycles. The zero-order chi connectivity index (χ0) is 14.3. The van der Waals surface area contributed by atoms with Crippen LogP contribution < -0.4 is 0 Å². The summed E-state index contributed by atoms with van der Waals surface area (Å²) in [6, 6.07) is 0.491. The second-order valence-electron chi connectivity index (χ2n) is 5.37. The Bertz CT molecular complexity index is 268. The summed E-state index contributed by atoms with van der Waals surface area (Å²) in [5, 5.41) is 8.98. The molecule has 109 valence electrons. The van der Waals surface area contributed by atoms with E-state index in [0.29, 0.717) is 18.4 Å². The number of likely N-dealkylation sites (N-methyl/N-ethyl adjacent to an activating group) is 1. The Hall–Kier alpha value is -0.545. The van der Waals surface area contributed by atoms with Gasteiger partial charge in [0.25, 0.3) is 0 Å². The van der Waals surface area contributed by atoms with Crippen LogP contribution in [0, 0.1) is 5.92 Å². The first kappa shape index (κ1) is 16.5. The van der Waals surface area contributed by atoms with Gasteiger partial charge >= 0.3 is 5.97 Å². The van der Waals surface area contributed by atoms with Crippen molar-refractivity contribution in [3.8, 4) is 0 Å². The van der Waals surface area contributed by atoms with E-state index in [1.807, 2.05) is 13.8 Å². The second kappa shape index (κ2) is 8.59. The van der Waals surface area contributed by atoms with E-state index in [-0.39, 0.29) is 0 Å². The van der Waals surface area contributed by atoms with Gasteiger partial charge < -0.3 is 10.0 Å². The average Bonchev–Trinajstić information content (AvgIpc) is 2.42. The normalized spacial score (nSPS) is 29.0. The van der Waals surface area contributed by atoms with Crippen LogP contribution in [0.2, 0.25) is 12.6 Å². The van der Waals surface area contributed by atoms with Crippen molar-refractivity contribution in [1.82, 2.24) is 9.80 Å². The molecule has 2 fully saturated rings. The quantitative estimate of drug-likeness (QED) is 0.790. The van der Waals surface area contributed by atoms with Crippen LogP contribution >= 0.6 is 0 Å². The van der Waals surface area contributed by atoms with Crippen LogP contribution in [-0.4, -0.2) is 67.4 Å². The average molecular weight is 267 g/mol. The molecule has 0 aliphatic carbocycles. The fourth-order valence-electron chi connectivity index (χ4n) is 3.09. The van der Waals surface area contributed by atoms with Gasteiger partial charge in [-0.05, 0) is 19.4 Å². The molecule has 2 aliphatic rings. The van der Waals surface area contributed by atoms with E-state index in [1.54, 1.807) is 0 Å². The lowest BCUT2D eigenvalue weighted by atomic mass is 9.57. The monoisotopic (exact) mass is 267 g/mol. The first-order valence-corrected chi connectivity index (χ1v) is 7.63. The third-order valence-corrected chi connectivity index (χ3v) is 4.12. The van der Waals surface area contributed by atoms with Crippen molar-refractivity contribution in [2.45, 2.75) is 45.4 Å². The minimum atomic E-state index is -0.649. The summed E-state index contributed by atoms with van der Waals surface area (Å²) >= 11 is 0. The molecule has 1 radical (unpaired) electrons. The number of carbonyl (C=O) groups is 1. The van der Waals surface area contributed by atoms with Gasteiger partial charge in [-0.15, -0.1) is 0 Å². The van der Waals surface area contributed by atoms with Crippen molar-refractivity contribution in [3.05, 3.63) is 0 Å². The number of piperazine rings is 1. The zero-order valence-electron chi connectivity index (χ0n) is 12.6.